The van der Waals surface area contributed by atoms with Crippen molar-refractivity contribution in [1.29, 1.82) is 0 Å². The van der Waals surface area contributed by atoms with Crippen LogP contribution >= 0.6 is 0 Å². The molecule has 0 aromatic heterocycles. The third-order valence-electron chi connectivity index (χ3n) is 8.98. The number of fused-ring (bicyclic) bond motifs is 3. The number of amides is 1. The van der Waals surface area contributed by atoms with Gasteiger partial charge in [0.2, 0.25) is 5.91 Å². The number of ketones is 1. The lowest BCUT2D eigenvalue weighted by atomic mass is 9.59. The molecule has 0 spiro atoms. The number of rotatable bonds is 5. The van der Waals surface area contributed by atoms with Crippen molar-refractivity contribution in [2.45, 2.75) is 58.0 Å². The van der Waals surface area contributed by atoms with Crippen LogP contribution in [0.1, 0.15) is 61.3 Å². The van der Waals surface area contributed by atoms with E-state index < -0.39 is 17.9 Å². The van der Waals surface area contributed by atoms with Gasteiger partial charge in [-0.1, -0.05) is 32.1 Å². The van der Waals surface area contributed by atoms with E-state index >= 15 is 0 Å². The molecule has 8 heteroatoms. The second-order valence-corrected chi connectivity index (χ2v) is 11.9. The molecule has 1 saturated carbocycles. The van der Waals surface area contributed by atoms with E-state index in [2.05, 4.69) is 37.0 Å². The standard InChI is InChI=1S/C30H39N3O5/c1-15(2)18-12-17(14-33-8-6-5-7-9-33)26(34)24-19(18)10-16-11-20-21(27(35)23(16)29(24)37)13-22(30(31)38)28(36)25(20)32(3)4/h5-6,12,15-16,20-21,25,34,36-37H,7-11,13-14H2,1-4H3,(H2,31,38)/t16?,20?,21?,25-/m0/s1. The van der Waals surface area contributed by atoms with E-state index in [0.29, 0.717) is 30.5 Å². The van der Waals surface area contributed by atoms with Gasteiger partial charge in [0.05, 0.1) is 17.2 Å². The Bertz CT molecular complexity index is 1270. The number of hydrogen-bond acceptors (Lipinski definition) is 7. The van der Waals surface area contributed by atoms with Crippen molar-refractivity contribution in [2.24, 2.45) is 23.5 Å². The first-order valence-corrected chi connectivity index (χ1v) is 13.6. The van der Waals surface area contributed by atoms with Crippen molar-refractivity contribution in [3.63, 3.8) is 0 Å². The van der Waals surface area contributed by atoms with Crippen LogP contribution in [0.2, 0.25) is 0 Å². The Labute approximate surface area is 224 Å². The number of aromatic hydroxyl groups is 1. The van der Waals surface area contributed by atoms with Gasteiger partial charge < -0.3 is 21.1 Å². The van der Waals surface area contributed by atoms with E-state index in [1.54, 1.807) is 0 Å². The molecule has 4 atom stereocenters. The minimum absolute atomic E-state index is 0.0440. The molecule has 38 heavy (non-hydrogen) atoms. The molecule has 3 aliphatic carbocycles. The van der Waals surface area contributed by atoms with Gasteiger partial charge in [-0.25, -0.2) is 0 Å². The van der Waals surface area contributed by atoms with Gasteiger partial charge in [-0.2, -0.15) is 0 Å². The Morgan fingerprint density at radius 1 is 1.18 bits per heavy atom. The van der Waals surface area contributed by atoms with Crippen molar-refractivity contribution in [3.05, 3.63) is 57.4 Å². The number of primary amides is 1. The summed E-state index contributed by atoms with van der Waals surface area (Å²) in [6.45, 7) is 6.48. The number of nitrogens with zero attached hydrogens (tertiary/aromatic N) is 2. The van der Waals surface area contributed by atoms with Crippen LogP contribution in [0.3, 0.4) is 0 Å². The first-order valence-electron chi connectivity index (χ1n) is 13.6. The van der Waals surface area contributed by atoms with E-state index in [4.69, 9.17) is 5.73 Å². The predicted molar refractivity (Wildman–Crippen MR) is 146 cm³/mol. The number of nitrogens with two attached hydrogens (primary N) is 1. The van der Waals surface area contributed by atoms with Gasteiger partial charge in [0, 0.05) is 36.7 Å². The minimum atomic E-state index is -0.730. The SMILES string of the molecule is CC(C)c1cc(CN2CC=CCC2)c(O)c2c1CC1CC3C(CC(C(N)=O)=C(O)[C@H]3N(C)C)C(=O)C1=C2O. The van der Waals surface area contributed by atoms with E-state index in [1.807, 2.05) is 19.0 Å². The zero-order valence-electron chi connectivity index (χ0n) is 22.7. The Hall–Kier alpha value is -3.10. The molecule has 1 aromatic rings. The molecular weight excluding hydrogens is 482 g/mol. The molecule has 4 aliphatic rings. The molecule has 1 aliphatic heterocycles. The molecule has 1 aromatic carbocycles. The molecule has 0 radical (unpaired) electrons. The largest absolute Gasteiger partial charge is 0.510 e. The molecule has 3 unspecified atom stereocenters. The number of carbonyl (C=O) groups is 2. The van der Waals surface area contributed by atoms with E-state index in [1.165, 1.54) is 0 Å². The fourth-order valence-corrected chi connectivity index (χ4v) is 7.21. The molecule has 1 heterocycles. The van der Waals surface area contributed by atoms with Gasteiger partial charge in [0.25, 0.3) is 0 Å². The van der Waals surface area contributed by atoms with Crippen molar-refractivity contribution < 1.29 is 24.9 Å². The van der Waals surface area contributed by atoms with Crippen LogP contribution in [-0.2, 0) is 22.6 Å². The number of benzene rings is 1. The third-order valence-corrected chi connectivity index (χ3v) is 8.98. The van der Waals surface area contributed by atoms with E-state index in [0.717, 1.165) is 36.2 Å². The summed E-state index contributed by atoms with van der Waals surface area (Å²) in [6, 6.07) is 1.56. The van der Waals surface area contributed by atoms with Gasteiger partial charge in [-0.3, -0.25) is 19.4 Å². The summed E-state index contributed by atoms with van der Waals surface area (Å²) in [7, 11) is 3.64. The van der Waals surface area contributed by atoms with Crippen LogP contribution in [0, 0.1) is 17.8 Å². The van der Waals surface area contributed by atoms with Crippen LogP contribution < -0.4 is 5.73 Å². The molecule has 5 rings (SSSR count). The van der Waals surface area contributed by atoms with Gasteiger partial charge in [-0.05, 0) is 68.7 Å². The lowest BCUT2D eigenvalue weighted by Crippen LogP contribution is -2.51. The Morgan fingerprint density at radius 2 is 1.92 bits per heavy atom. The maximum Gasteiger partial charge on any atom is 0.248 e. The number of allylic oxidation sites excluding steroid dienone is 1. The summed E-state index contributed by atoms with van der Waals surface area (Å²) in [5.74, 6) is -1.96. The highest BCUT2D eigenvalue weighted by Gasteiger charge is 2.52. The Balaban J connectivity index is 1.61. The highest BCUT2D eigenvalue weighted by molar-refractivity contribution is 6.07. The number of phenols is 1. The monoisotopic (exact) mass is 521 g/mol. The summed E-state index contributed by atoms with van der Waals surface area (Å²) >= 11 is 0. The first-order chi connectivity index (χ1) is 18.0. The highest BCUT2D eigenvalue weighted by atomic mass is 16.3. The summed E-state index contributed by atoms with van der Waals surface area (Å²) in [5.41, 5.74) is 9.10. The predicted octanol–water partition coefficient (Wildman–Crippen LogP) is 3.56. The van der Waals surface area contributed by atoms with Crippen molar-refractivity contribution in [3.8, 4) is 5.75 Å². The first kappa shape index (κ1) is 26.5. The van der Waals surface area contributed by atoms with Gasteiger partial charge in [0.15, 0.2) is 5.78 Å². The maximum absolute atomic E-state index is 14.0. The molecule has 0 saturated heterocycles. The molecule has 0 bridgehead atoms. The molecule has 8 nitrogen and oxygen atoms in total. The number of aliphatic hydroxyl groups excluding tert-OH is 2. The number of likely N-dealkylation sites (N-methyl/N-ethyl adjacent to an activating group) is 1. The fourth-order valence-electron chi connectivity index (χ4n) is 7.21. The summed E-state index contributed by atoms with van der Waals surface area (Å²) in [6.07, 6.45) is 6.41. The van der Waals surface area contributed by atoms with Crippen LogP contribution in [0.25, 0.3) is 5.76 Å². The Morgan fingerprint density at radius 3 is 2.53 bits per heavy atom. The molecule has 204 valence electrons. The van der Waals surface area contributed by atoms with Crippen molar-refractivity contribution in [1.82, 2.24) is 9.80 Å². The summed E-state index contributed by atoms with van der Waals surface area (Å²) in [5, 5.41) is 34.0. The maximum atomic E-state index is 14.0. The zero-order valence-corrected chi connectivity index (χ0v) is 22.7. The number of carbonyl (C=O) groups excluding carboxylic acids is 2. The van der Waals surface area contributed by atoms with Crippen molar-refractivity contribution >= 4 is 17.4 Å². The van der Waals surface area contributed by atoms with Crippen molar-refractivity contribution in [2.75, 3.05) is 27.2 Å². The second-order valence-electron chi connectivity index (χ2n) is 11.9. The van der Waals surface area contributed by atoms with Gasteiger partial charge in [0.1, 0.15) is 17.3 Å². The van der Waals surface area contributed by atoms with Crippen LogP contribution in [0.5, 0.6) is 5.75 Å². The number of aliphatic hydroxyl groups is 2. The smallest absolute Gasteiger partial charge is 0.248 e. The quantitative estimate of drug-likeness (QED) is 0.436. The number of Topliss-reactive ketones (excluding diaryl/α,β-unsaturated/α-hetero) is 1. The van der Waals surface area contributed by atoms with Crippen LogP contribution in [0.4, 0.5) is 0 Å². The normalized spacial score (nSPS) is 27.6. The topological polar surface area (TPSA) is 127 Å². The lowest BCUT2D eigenvalue weighted by molar-refractivity contribution is -0.125. The molecule has 1 fully saturated rings. The molecule has 1 amide bonds. The average molecular weight is 522 g/mol. The number of hydrogen-bond donors (Lipinski definition) is 4. The Kier molecular flexibility index (Phi) is 6.90. The highest BCUT2D eigenvalue weighted by Crippen LogP contribution is 2.52. The fraction of sp³-hybridized carbons (Fsp3) is 0.533. The van der Waals surface area contributed by atoms with E-state index in [9.17, 15) is 24.9 Å². The van der Waals surface area contributed by atoms with Gasteiger partial charge in [-0.15, -0.1) is 0 Å². The summed E-state index contributed by atoms with van der Waals surface area (Å²) < 4.78 is 0. The third kappa shape index (κ3) is 4.24. The zero-order chi connectivity index (χ0) is 27.5. The second kappa shape index (κ2) is 9.89. The summed E-state index contributed by atoms with van der Waals surface area (Å²) in [4.78, 5) is 30.2. The van der Waals surface area contributed by atoms with E-state index in [-0.39, 0.29) is 52.8 Å². The van der Waals surface area contributed by atoms with Gasteiger partial charge >= 0.3 is 0 Å². The minimum Gasteiger partial charge on any atom is -0.510 e. The van der Waals surface area contributed by atoms with Crippen LogP contribution in [0.15, 0.2) is 35.1 Å². The average Bonchev–Trinajstić information content (AvgIpc) is 2.85. The molecule has 5 N–H and O–H groups in total. The molecular formula is C30H39N3O5. The van der Waals surface area contributed by atoms with Crippen LogP contribution in [-0.4, -0.2) is 70.0 Å². The number of phenolic OH excluding ortho intramolecular Hbond substituents is 1. The lowest BCUT2D eigenvalue weighted by Gasteiger charge is -2.47.